The van der Waals surface area contributed by atoms with E-state index in [-0.39, 0.29) is 24.8 Å². The Labute approximate surface area is 205 Å². The zero-order valence-corrected chi connectivity index (χ0v) is 20.6. The summed E-state index contributed by atoms with van der Waals surface area (Å²) in [4.78, 5) is 28.3. The number of carbonyl (C=O) groups is 2. The second-order valence-corrected chi connectivity index (χ2v) is 8.96. The van der Waals surface area contributed by atoms with Gasteiger partial charge in [0.1, 0.15) is 6.04 Å². The van der Waals surface area contributed by atoms with E-state index in [4.69, 9.17) is 23.2 Å². The van der Waals surface area contributed by atoms with Crippen LogP contribution < -0.4 is 5.32 Å². The molecular weight excluding hydrogens is 455 g/mol. The smallest absolute Gasteiger partial charge is 0.242 e. The fourth-order valence-electron chi connectivity index (χ4n) is 3.83. The Morgan fingerprint density at radius 3 is 2.24 bits per heavy atom. The fraction of sp³-hybridized carbons (Fsp3) is 0.259. The Hall–Kier alpha value is -2.82. The van der Waals surface area contributed by atoms with Crippen molar-refractivity contribution in [1.82, 2.24) is 10.2 Å². The van der Waals surface area contributed by atoms with Crippen molar-refractivity contribution in [2.75, 3.05) is 7.05 Å². The Kier molecular flexibility index (Phi) is 8.54. The molecule has 0 unspecified atom stereocenters. The lowest BCUT2D eigenvalue weighted by atomic mass is 9.99. The van der Waals surface area contributed by atoms with Crippen LogP contribution in [0.1, 0.15) is 27.8 Å². The van der Waals surface area contributed by atoms with Gasteiger partial charge in [-0.3, -0.25) is 9.59 Å². The van der Waals surface area contributed by atoms with E-state index >= 15 is 0 Å². The molecule has 3 aromatic rings. The molecular formula is C27H28Cl2N2O2. The summed E-state index contributed by atoms with van der Waals surface area (Å²) < 4.78 is 0. The topological polar surface area (TPSA) is 49.4 Å². The molecule has 172 valence electrons. The quantitative estimate of drug-likeness (QED) is 0.458. The molecule has 33 heavy (non-hydrogen) atoms. The van der Waals surface area contributed by atoms with Gasteiger partial charge in [-0.25, -0.2) is 0 Å². The van der Waals surface area contributed by atoms with E-state index in [1.54, 1.807) is 30.1 Å². The van der Waals surface area contributed by atoms with Gasteiger partial charge in [-0.15, -0.1) is 0 Å². The first-order valence-corrected chi connectivity index (χ1v) is 11.6. The second-order valence-electron chi connectivity index (χ2n) is 8.15. The monoisotopic (exact) mass is 482 g/mol. The van der Waals surface area contributed by atoms with E-state index in [2.05, 4.69) is 5.32 Å². The highest BCUT2D eigenvalue weighted by molar-refractivity contribution is 6.36. The zero-order valence-electron chi connectivity index (χ0n) is 19.1. The molecule has 1 N–H and O–H groups in total. The van der Waals surface area contributed by atoms with Crippen LogP contribution in [0.3, 0.4) is 0 Å². The first kappa shape index (κ1) is 24.8. The molecule has 0 aromatic heterocycles. The first-order valence-electron chi connectivity index (χ1n) is 10.8. The van der Waals surface area contributed by atoms with Crippen molar-refractivity contribution in [2.24, 2.45) is 0 Å². The predicted octanol–water partition coefficient (Wildman–Crippen LogP) is 5.54. The van der Waals surface area contributed by atoms with Gasteiger partial charge in [-0.05, 0) is 42.7 Å². The van der Waals surface area contributed by atoms with Crippen LogP contribution in [0.5, 0.6) is 0 Å². The minimum absolute atomic E-state index is 0.132. The lowest BCUT2D eigenvalue weighted by molar-refractivity contribution is -0.140. The summed E-state index contributed by atoms with van der Waals surface area (Å²) in [6.07, 6.45) is 0.555. The fourth-order valence-corrected chi connectivity index (χ4v) is 4.35. The van der Waals surface area contributed by atoms with Crippen LogP contribution in [0.15, 0.2) is 66.7 Å². The lowest BCUT2D eigenvalue weighted by Crippen LogP contribution is -2.50. The second kappa shape index (κ2) is 11.4. The van der Waals surface area contributed by atoms with Gasteiger partial charge in [0.05, 0.1) is 6.42 Å². The Bertz CT molecular complexity index is 1110. The van der Waals surface area contributed by atoms with Crippen molar-refractivity contribution in [3.8, 4) is 0 Å². The van der Waals surface area contributed by atoms with Crippen molar-refractivity contribution in [3.05, 3.63) is 105 Å². The van der Waals surface area contributed by atoms with Crippen LogP contribution in [-0.4, -0.2) is 29.8 Å². The molecule has 0 aliphatic rings. The Balaban J connectivity index is 2.02. The summed E-state index contributed by atoms with van der Waals surface area (Å²) in [5.74, 6) is -0.402. The first-order chi connectivity index (χ1) is 15.8. The molecule has 0 saturated heterocycles. The molecule has 0 saturated carbocycles. The Morgan fingerprint density at radius 2 is 1.61 bits per heavy atom. The van der Waals surface area contributed by atoms with Gasteiger partial charge in [0, 0.05) is 35.6 Å². The van der Waals surface area contributed by atoms with Crippen molar-refractivity contribution in [3.63, 3.8) is 0 Å². The molecule has 3 rings (SSSR count). The van der Waals surface area contributed by atoms with E-state index in [1.165, 1.54) is 0 Å². The third-order valence-corrected chi connectivity index (χ3v) is 6.46. The highest BCUT2D eigenvalue weighted by atomic mass is 35.5. The van der Waals surface area contributed by atoms with Crippen molar-refractivity contribution in [1.29, 1.82) is 0 Å². The van der Waals surface area contributed by atoms with Crippen LogP contribution >= 0.6 is 23.2 Å². The molecule has 1 atom stereocenters. The number of hydrogen-bond donors (Lipinski definition) is 1. The van der Waals surface area contributed by atoms with Gasteiger partial charge in [0.2, 0.25) is 11.8 Å². The standard InChI is InChI=1S/C27H28Cl2N2O2/c1-18-12-13-19(2)21(14-18)16-26(32)31(17-22-23(28)10-7-11-24(22)29)25(27(33)30-3)15-20-8-5-4-6-9-20/h4-14,25H,15-17H2,1-3H3,(H,30,33)/t25-/m1/s1. The van der Waals surface area contributed by atoms with Gasteiger partial charge in [-0.2, -0.15) is 0 Å². The summed E-state index contributed by atoms with van der Waals surface area (Å²) in [6, 6.07) is 20.2. The number of likely N-dealkylation sites (N-methyl/N-ethyl adjacent to an activating group) is 1. The largest absolute Gasteiger partial charge is 0.357 e. The van der Waals surface area contributed by atoms with Gasteiger partial charge in [-0.1, -0.05) is 83.4 Å². The van der Waals surface area contributed by atoms with Crippen LogP contribution in [0.25, 0.3) is 0 Å². The van der Waals surface area contributed by atoms with Crippen LogP contribution in [-0.2, 0) is 29.0 Å². The maximum Gasteiger partial charge on any atom is 0.242 e. The third-order valence-electron chi connectivity index (χ3n) is 5.75. The van der Waals surface area contributed by atoms with Gasteiger partial charge >= 0.3 is 0 Å². The number of halogens is 2. The van der Waals surface area contributed by atoms with Crippen LogP contribution in [0.4, 0.5) is 0 Å². The molecule has 0 spiro atoms. The van der Waals surface area contributed by atoms with Crippen molar-refractivity contribution < 1.29 is 9.59 Å². The van der Waals surface area contributed by atoms with E-state index in [1.807, 2.05) is 62.4 Å². The maximum atomic E-state index is 13.7. The number of aryl methyl sites for hydroxylation is 2. The van der Waals surface area contributed by atoms with Crippen molar-refractivity contribution >= 4 is 35.0 Å². The predicted molar refractivity (Wildman–Crippen MR) is 135 cm³/mol. The molecule has 0 fully saturated rings. The maximum absolute atomic E-state index is 13.7. The number of benzene rings is 3. The number of amides is 2. The summed E-state index contributed by atoms with van der Waals surface area (Å²) in [5, 5.41) is 3.64. The van der Waals surface area contributed by atoms with Crippen LogP contribution in [0.2, 0.25) is 10.0 Å². The van der Waals surface area contributed by atoms with Crippen molar-refractivity contribution in [2.45, 2.75) is 39.3 Å². The molecule has 6 heteroatoms. The number of nitrogens with one attached hydrogen (secondary N) is 1. The number of nitrogens with zero attached hydrogens (tertiary/aromatic N) is 1. The molecule has 0 aliphatic carbocycles. The lowest BCUT2D eigenvalue weighted by Gasteiger charge is -2.32. The molecule has 0 bridgehead atoms. The molecule has 4 nitrogen and oxygen atoms in total. The highest BCUT2D eigenvalue weighted by Crippen LogP contribution is 2.28. The highest BCUT2D eigenvalue weighted by Gasteiger charge is 2.31. The number of hydrogen-bond acceptors (Lipinski definition) is 2. The minimum Gasteiger partial charge on any atom is -0.357 e. The molecule has 2 amide bonds. The number of rotatable bonds is 8. The van der Waals surface area contributed by atoms with E-state index in [9.17, 15) is 9.59 Å². The molecule has 0 aliphatic heterocycles. The van der Waals surface area contributed by atoms with Gasteiger partial charge < -0.3 is 10.2 Å². The zero-order chi connectivity index (χ0) is 24.0. The summed E-state index contributed by atoms with van der Waals surface area (Å²) in [6.45, 7) is 4.11. The summed E-state index contributed by atoms with van der Waals surface area (Å²) in [5.41, 5.74) is 4.63. The summed E-state index contributed by atoms with van der Waals surface area (Å²) >= 11 is 12.9. The number of carbonyl (C=O) groups excluding carboxylic acids is 2. The Morgan fingerprint density at radius 1 is 0.939 bits per heavy atom. The van der Waals surface area contributed by atoms with Gasteiger partial charge in [0.15, 0.2) is 0 Å². The molecule has 3 aromatic carbocycles. The third kappa shape index (κ3) is 6.37. The average Bonchev–Trinajstić information content (AvgIpc) is 2.80. The normalized spacial score (nSPS) is 11.7. The molecule has 0 radical (unpaired) electrons. The van der Waals surface area contributed by atoms with E-state index in [0.717, 1.165) is 22.3 Å². The van der Waals surface area contributed by atoms with Crippen LogP contribution in [0, 0.1) is 13.8 Å². The molecule has 0 heterocycles. The van der Waals surface area contributed by atoms with E-state index in [0.29, 0.717) is 22.0 Å². The SMILES string of the molecule is CNC(=O)[C@@H](Cc1ccccc1)N(Cc1c(Cl)cccc1Cl)C(=O)Cc1cc(C)ccc1C. The summed E-state index contributed by atoms with van der Waals surface area (Å²) in [7, 11) is 1.58. The van der Waals surface area contributed by atoms with E-state index < -0.39 is 6.04 Å². The van der Waals surface area contributed by atoms with Gasteiger partial charge in [0.25, 0.3) is 0 Å². The minimum atomic E-state index is -0.720. The average molecular weight is 483 g/mol.